The van der Waals surface area contributed by atoms with Crippen molar-refractivity contribution in [1.29, 1.82) is 5.26 Å². The summed E-state index contributed by atoms with van der Waals surface area (Å²) in [4.78, 5) is 0. The molecule has 0 amide bonds. The summed E-state index contributed by atoms with van der Waals surface area (Å²) in [5.41, 5.74) is 0.500. The average molecular weight is 262 g/mol. The molecule has 0 aliphatic carbocycles. The van der Waals surface area contributed by atoms with Gasteiger partial charge in [0.05, 0.1) is 6.07 Å². The van der Waals surface area contributed by atoms with Crippen LogP contribution in [0.3, 0.4) is 0 Å². The van der Waals surface area contributed by atoms with Gasteiger partial charge in [-0.3, -0.25) is 0 Å². The van der Waals surface area contributed by atoms with Gasteiger partial charge in [0.2, 0.25) is 0 Å². The number of nitrogens with one attached hydrogen (secondary N) is 1. The molecule has 2 rings (SSSR count). The Morgan fingerprint density at radius 3 is 2.21 bits per heavy atom. The van der Waals surface area contributed by atoms with Crippen molar-refractivity contribution in [3.63, 3.8) is 0 Å². The van der Waals surface area contributed by atoms with Crippen LogP contribution in [0, 0.1) is 28.8 Å². The number of hydrogen-bond acceptors (Lipinski definition) is 2. The third kappa shape index (κ3) is 3.26. The predicted octanol–water partition coefficient (Wildman–Crippen LogP) is 3.78. The minimum absolute atomic E-state index is 0.143. The Labute approximate surface area is 108 Å². The Morgan fingerprint density at radius 2 is 1.63 bits per heavy atom. The lowest BCUT2D eigenvalue weighted by Gasteiger charge is -2.13. The first kappa shape index (κ1) is 13.0. The number of nitriles is 1. The summed E-state index contributed by atoms with van der Waals surface area (Å²) in [6.45, 7) is 0. The highest BCUT2D eigenvalue weighted by molar-refractivity contribution is 5.47. The molecule has 2 aromatic rings. The lowest BCUT2D eigenvalue weighted by Crippen LogP contribution is -2.09. The van der Waals surface area contributed by atoms with E-state index >= 15 is 0 Å². The molecule has 1 unspecified atom stereocenters. The number of hydrogen-bond donors (Lipinski definition) is 1. The van der Waals surface area contributed by atoms with Crippen LogP contribution in [0.5, 0.6) is 0 Å². The summed E-state index contributed by atoms with van der Waals surface area (Å²) in [5, 5.41) is 11.7. The maximum absolute atomic E-state index is 13.1. The van der Waals surface area contributed by atoms with E-state index in [0.29, 0.717) is 5.69 Å². The highest BCUT2D eigenvalue weighted by Gasteiger charge is 2.13. The molecule has 0 saturated heterocycles. The summed E-state index contributed by atoms with van der Waals surface area (Å²) < 4.78 is 39.2. The monoisotopic (exact) mass is 262 g/mol. The molecular weight excluding hydrogens is 253 g/mol. The quantitative estimate of drug-likeness (QED) is 0.913. The molecule has 0 bridgehead atoms. The van der Waals surface area contributed by atoms with E-state index in [1.165, 1.54) is 18.2 Å². The molecule has 1 N–H and O–H groups in total. The molecule has 1 atom stereocenters. The predicted molar refractivity (Wildman–Crippen MR) is 64.7 cm³/mol. The average Bonchev–Trinajstić information content (AvgIpc) is 2.34. The molecule has 0 radical (unpaired) electrons. The lowest BCUT2D eigenvalue weighted by molar-refractivity contribution is 0.579. The van der Waals surface area contributed by atoms with Gasteiger partial charge in [0.15, 0.2) is 0 Å². The summed E-state index contributed by atoms with van der Waals surface area (Å²) >= 11 is 0. The Balaban J connectivity index is 2.28. The van der Waals surface area contributed by atoms with E-state index < -0.39 is 23.5 Å². The Kier molecular flexibility index (Phi) is 3.71. The van der Waals surface area contributed by atoms with E-state index in [2.05, 4.69) is 5.32 Å². The van der Waals surface area contributed by atoms with Crippen LogP contribution in [-0.2, 0) is 0 Å². The molecule has 2 nitrogen and oxygen atoms in total. The maximum Gasteiger partial charge on any atom is 0.140 e. The van der Waals surface area contributed by atoms with Crippen LogP contribution in [0.15, 0.2) is 42.5 Å². The van der Waals surface area contributed by atoms with E-state index in [1.54, 1.807) is 6.07 Å². The van der Waals surface area contributed by atoms with Crippen LogP contribution in [0.2, 0.25) is 0 Å². The zero-order valence-corrected chi connectivity index (χ0v) is 9.70. The van der Waals surface area contributed by atoms with Gasteiger partial charge < -0.3 is 5.32 Å². The minimum atomic E-state index is -0.966. The molecule has 2 aromatic carbocycles. The summed E-state index contributed by atoms with van der Waals surface area (Å²) in [5.74, 6) is -2.00. The molecule has 0 saturated carbocycles. The first-order chi connectivity index (χ1) is 9.08. The van der Waals surface area contributed by atoms with Crippen LogP contribution in [0.4, 0.5) is 18.9 Å². The van der Waals surface area contributed by atoms with Crippen molar-refractivity contribution in [2.45, 2.75) is 6.04 Å². The fourth-order valence-electron chi connectivity index (χ4n) is 1.68. The molecule has 96 valence electrons. The number of halogens is 3. The number of benzene rings is 2. The van der Waals surface area contributed by atoms with Crippen LogP contribution < -0.4 is 5.32 Å². The molecule has 5 heteroatoms. The zero-order valence-electron chi connectivity index (χ0n) is 9.70. The first-order valence-electron chi connectivity index (χ1n) is 5.46. The number of anilines is 1. The van der Waals surface area contributed by atoms with Gasteiger partial charge in [-0.05, 0) is 35.9 Å². The van der Waals surface area contributed by atoms with Crippen LogP contribution in [-0.4, -0.2) is 0 Å². The van der Waals surface area contributed by atoms with Crippen LogP contribution >= 0.6 is 0 Å². The van der Waals surface area contributed by atoms with E-state index in [1.807, 2.05) is 6.07 Å². The molecular formula is C14H9F3N2. The topological polar surface area (TPSA) is 35.8 Å². The minimum Gasteiger partial charge on any atom is -0.366 e. The SMILES string of the molecule is N#CC(Nc1cccc(F)c1)c1cc(F)cc(F)c1. The summed E-state index contributed by atoms with van der Waals surface area (Å²) in [6, 6.07) is 9.23. The highest BCUT2D eigenvalue weighted by Crippen LogP contribution is 2.21. The standard InChI is InChI=1S/C14H9F3N2/c15-10-2-1-3-13(7-10)19-14(8-18)9-4-11(16)6-12(17)5-9/h1-7,14,19H. The maximum atomic E-state index is 13.1. The van der Waals surface area contributed by atoms with Gasteiger partial charge >= 0.3 is 0 Å². The van der Waals surface area contributed by atoms with Crippen molar-refractivity contribution in [3.8, 4) is 6.07 Å². The third-order valence-electron chi connectivity index (χ3n) is 2.48. The van der Waals surface area contributed by atoms with Gasteiger partial charge in [0.25, 0.3) is 0 Å². The Morgan fingerprint density at radius 1 is 0.947 bits per heavy atom. The van der Waals surface area contributed by atoms with Gasteiger partial charge in [-0.1, -0.05) is 6.07 Å². The number of nitrogens with zero attached hydrogens (tertiary/aromatic N) is 1. The van der Waals surface area contributed by atoms with E-state index in [-0.39, 0.29) is 5.56 Å². The molecule has 0 aliphatic rings. The first-order valence-corrected chi connectivity index (χ1v) is 5.46. The van der Waals surface area contributed by atoms with Gasteiger partial charge in [-0.25, -0.2) is 13.2 Å². The second kappa shape index (κ2) is 5.44. The number of rotatable bonds is 3. The van der Waals surface area contributed by atoms with Crippen molar-refractivity contribution >= 4 is 5.69 Å². The van der Waals surface area contributed by atoms with Gasteiger partial charge in [-0.15, -0.1) is 0 Å². The van der Waals surface area contributed by atoms with Crippen molar-refractivity contribution < 1.29 is 13.2 Å². The van der Waals surface area contributed by atoms with Crippen molar-refractivity contribution in [1.82, 2.24) is 0 Å². The zero-order chi connectivity index (χ0) is 13.8. The second-order valence-corrected chi connectivity index (χ2v) is 3.92. The van der Waals surface area contributed by atoms with Gasteiger partial charge in [0.1, 0.15) is 23.5 Å². The van der Waals surface area contributed by atoms with Gasteiger partial charge in [0, 0.05) is 11.8 Å². The summed E-state index contributed by atoms with van der Waals surface area (Å²) in [7, 11) is 0. The molecule has 0 spiro atoms. The molecule has 0 aromatic heterocycles. The lowest BCUT2D eigenvalue weighted by atomic mass is 10.1. The molecule has 0 heterocycles. The molecule has 0 aliphatic heterocycles. The van der Waals surface area contributed by atoms with Crippen LogP contribution in [0.1, 0.15) is 11.6 Å². The highest BCUT2D eigenvalue weighted by atomic mass is 19.1. The van der Waals surface area contributed by atoms with E-state index in [4.69, 9.17) is 5.26 Å². The van der Waals surface area contributed by atoms with E-state index in [0.717, 1.165) is 18.2 Å². The van der Waals surface area contributed by atoms with Crippen molar-refractivity contribution in [2.75, 3.05) is 5.32 Å². The summed E-state index contributed by atoms with van der Waals surface area (Å²) in [6.07, 6.45) is 0. The van der Waals surface area contributed by atoms with Crippen molar-refractivity contribution in [3.05, 3.63) is 65.5 Å². The fraction of sp³-hybridized carbons (Fsp3) is 0.0714. The molecule has 0 fully saturated rings. The fourth-order valence-corrected chi connectivity index (χ4v) is 1.68. The molecule has 19 heavy (non-hydrogen) atoms. The second-order valence-electron chi connectivity index (χ2n) is 3.92. The largest absolute Gasteiger partial charge is 0.366 e. The smallest absolute Gasteiger partial charge is 0.140 e. The Hall–Kier alpha value is -2.48. The van der Waals surface area contributed by atoms with E-state index in [9.17, 15) is 13.2 Å². The van der Waals surface area contributed by atoms with Crippen molar-refractivity contribution in [2.24, 2.45) is 0 Å². The van der Waals surface area contributed by atoms with Crippen LogP contribution in [0.25, 0.3) is 0 Å². The third-order valence-corrected chi connectivity index (χ3v) is 2.48. The Bertz CT molecular complexity index is 615. The normalized spacial score (nSPS) is 11.7. The van der Waals surface area contributed by atoms with Gasteiger partial charge in [-0.2, -0.15) is 5.26 Å².